The maximum absolute atomic E-state index is 14.9. The minimum Gasteiger partial charge on any atom is -0.473 e. The number of halogens is 3. The van der Waals surface area contributed by atoms with Crippen LogP contribution in [0, 0.1) is 12.7 Å². The lowest BCUT2D eigenvalue weighted by atomic mass is 10.1. The molecule has 10 heteroatoms. The average molecular weight is 486 g/mol. The molecule has 0 bridgehead atoms. The highest BCUT2D eigenvalue weighted by atomic mass is 19.3. The number of nitrogens with zero attached hydrogens (tertiary/aromatic N) is 4. The molecule has 5 rings (SSSR count). The average Bonchev–Trinajstić information content (AvgIpc) is 3.19. The van der Waals surface area contributed by atoms with Gasteiger partial charge in [-0.3, -0.25) is 4.98 Å². The number of aromatic nitrogens is 1. The van der Waals surface area contributed by atoms with Crippen LogP contribution in [0.2, 0.25) is 0 Å². The lowest BCUT2D eigenvalue weighted by molar-refractivity contribution is 0.0169. The largest absolute Gasteiger partial charge is 0.473 e. The van der Waals surface area contributed by atoms with Crippen LogP contribution in [0.25, 0.3) is 0 Å². The SMILES string of the molecule is C=C1N=C(OCc2cc(C)c(Oc3cncc(C(C)(F)F)c3)c(F)c2)C=C2N1CC1CNCCN21. The van der Waals surface area contributed by atoms with Crippen molar-refractivity contribution >= 4 is 5.90 Å². The minimum atomic E-state index is -3.08. The second kappa shape index (κ2) is 8.92. The Morgan fingerprint density at radius 2 is 2.09 bits per heavy atom. The van der Waals surface area contributed by atoms with Crippen molar-refractivity contribution in [3.05, 3.63) is 77.4 Å². The van der Waals surface area contributed by atoms with Crippen LogP contribution in [0.5, 0.6) is 11.5 Å². The molecule has 2 fully saturated rings. The number of pyridine rings is 1. The fraction of sp³-hybridized carbons (Fsp3) is 0.360. The van der Waals surface area contributed by atoms with Crippen molar-refractivity contribution in [1.82, 2.24) is 20.1 Å². The van der Waals surface area contributed by atoms with E-state index in [-0.39, 0.29) is 23.7 Å². The summed E-state index contributed by atoms with van der Waals surface area (Å²) in [5.74, 6) is -1.67. The van der Waals surface area contributed by atoms with Gasteiger partial charge in [-0.25, -0.2) is 13.2 Å². The standard InChI is InChI=1S/C25H26F3N5O2/c1-15-6-17(7-21(26)24(15)35-20-8-18(10-30-12-20)25(3,27)28)14-34-22-9-23-32-5-4-29-11-19(32)13-33(23)16(2)31-22/h6-10,12,19,29H,2,4-5,11,13-14H2,1,3H3. The van der Waals surface area contributed by atoms with E-state index < -0.39 is 11.7 Å². The molecule has 3 aliphatic heterocycles. The van der Waals surface area contributed by atoms with E-state index in [0.717, 1.165) is 51.2 Å². The Balaban J connectivity index is 1.29. The summed E-state index contributed by atoms with van der Waals surface area (Å²) in [6, 6.07) is 4.54. The summed E-state index contributed by atoms with van der Waals surface area (Å²) in [5, 5.41) is 3.40. The van der Waals surface area contributed by atoms with E-state index in [0.29, 0.717) is 28.9 Å². The zero-order valence-corrected chi connectivity index (χ0v) is 19.5. The van der Waals surface area contributed by atoms with Crippen molar-refractivity contribution in [2.24, 2.45) is 4.99 Å². The fourth-order valence-corrected chi connectivity index (χ4v) is 4.49. The van der Waals surface area contributed by atoms with Crippen molar-refractivity contribution in [2.45, 2.75) is 32.4 Å². The number of rotatable bonds is 5. The molecule has 1 atom stereocenters. The molecule has 1 aromatic heterocycles. The van der Waals surface area contributed by atoms with Gasteiger partial charge >= 0.3 is 0 Å². The van der Waals surface area contributed by atoms with Crippen LogP contribution in [-0.4, -0.2) is 52.9 Å². The first-order valence-corrected chi connectivity index (χ1v) is 11.4. The molecule has 1 unspecified atom stereocenters. The molecule has 4 heterocycles. The third-order valence-electron chi connectivity index (χ3n) is 6.23. The molecule has 1 aromatic carbocycles. The summed E-state index contributed by atoms with van der Waals surface area (Å²) in [6.45, 7) is 10.1. The summed E-state index contributed by atoms with van der Waals surface area (Å²) in [4.78, 5) is 12.6. The predicted molar refractivity (Wildman–Crippen MR) is 125 cm³/mol. The quantitative estimate of drug-likeness (QED) is 0.683. The monoisotopic (exact) mass is 485 g/mol. The number of ether oxygens (including phenoxy) is 2. The van der Waals surface area contributed by atoms with Crippen LogP contribution in [0.4, 0.5) is 13.2 Å². The summed E-state index contributed by atoms with van der Waals surface area (Å²) in [7, 11) is 0. The van der Waals surface area contributed by atoms with E-state index in [2.05, 4.69) is 31.7 Å². The number of aliphatic imine (C=N–C) groups is 1. The molecule has 184 valence electrons. The van der Waals surface area contributed by atoms with E-state index in [1.807, 2.05) is 6.08 Å². The third-order valence-corrected chi connectivity index (χ3v) is 6.23. The van der Waals surface area contributed by atoms with Gasteiger partial charge in [-0.1, -0.05) is 6.58 Å². The number of benzene rings is 1. The predicted octanol–water partition coefficient (Wildman–Crippen LogP) is 4.26. The maximum atomic E-state index is 14.9. The van der Waals surface area contributed by atoms with Crippen LogP contribution >= 0.6 is 0 Å². The first kappa shape index (κ1) is 23.2. The Morgan fingerprint density at radius 3 is 2.86 bits per heavy atom. The van der Waals surface area contributed by atoms with E-state index in [4.69, 9.17) is 9.47 Å². The van der Waals surface area contributed by atoms with Crippen LogP contribution in [-0.2, 0) is 17.3 Å². The summed E-state index contributed by atoms with van der Waals surface area (Å²) < 4.78 is 53.5. The molecular formula is C25H26F3N5O2. The minimum absolute atomic E-state index is 0.0315. The van der Waals surface area contributed by atoms with Crippen molar-refractivity contribution in [1.29, 1.82) is 0 Å². The van der Waals surface area contributed by atoms with Gasteiger partial charge in [0, 0.05) is 50.9 Å². The first-order valence-electron chi connectivity index (χ1n) is 11.4. The first-order chi connectivity index (χ1) is 16.7. The van der Waals surface area contributed by atoms with Gasteiger partial charge < -0.3 is 24.6 Å². The van der Waals surface area contributed by atoms with Crippen LogP contribution in [0.15, 0.2) is 59.9 Å². The number of fused-ring (bicyclic) bond motifs is 3. The van der Waals surface area contributed by atoms with E-state index in [1.54, 1.807) is 13.0 Å². The van der Waals surface area contributed by atoms with E-state index in [1.165, 1.54) is 12.3 Å². The summed E-state index contributed by atoms with van der Waals surface area (Å²) in [6.07, 6.45) is 4.22. The zero-order valence-electron chi connectivity index (χ0n) is 19.5. The molecule has 0 amide bonds. The van der Waals surface area contributed by atoms with E-state index >= 15 is 0 Å². The highest BCUT2D eigenvalue weighted by Gasteiger charge is 2.38. The lowest BCUT2D eigenvalue weighted by Gasteiger charge is -2.32. The van der Waals surface area contributed by atoms with Gasteiger partial charge in [0.1, 0.15) is 24.0 Å². The highest BCUT2D eigenvalue weighted by Crippen LogP contribution is 2.34. The number of alkyl halides is 2. The van der Waals surface area contributed by atoms with Gasteiger partial charge in [0.2, 0.25) is 5.90 Å². The van der Waals surface area contributed by atoms with Gasteiger partial charge in [0.15, 0.2) is 11.6 Å². The number of hydrogen-bond donors (Lipinski definition) is 1. The normalized spacial score (nSPS) is 19.7. The molecule has 1 N–H and O–H groups in total. The molecular weight excluding hydrogens is 459 g/mol. The second-order valence-corrected chi connectivity index (χ2v) is 8.94. The fourth-order valence-electron chi connectivity index (χ4n) is 4.49. The van der Waals surface area contributed by atoms with Gasteiger partial charge in [-0.15, -0.1) is 0 Å². The van der Waals surface area contributed by atoms with Crippen LogP contribution in [0.1, 0.15) is 23.6 Å². The lowest BCUT2D eigenvalue weighted by Crippen LogP contribution is -2.48. The molecule has 2 aromatic rings. The highest BCUT2D eigenvalue weighted by molar-refractivity contribution is 5.90. The van der Waals surface area contributed by atoms with Gasteiger partial charge in [0.25, 0.3) is 5.92 Å². The number of nitrogens with one attached hydrogen (secondary N) is 1. The van der Waals surface area contributed by atoms with Crippen molar-refractivity contribution in [2.75, 3.05) is 26.2 Å². The smallest absolute Gasteiger partial charge is 0.272 e. The Morgan fingerprint density at radius 1 is 1.26 bits per heavy atom. The maximum Gasteiger partial charge on any atom is 0.272 e. The molecule has 0 spiro atoms. The molecule has 7 nitrogen and oxygen atoms in total. The molecule has 0 saturated carbocycles. The number of piperazine rings is 1. The molecule has 2 saturated heterocycles. The van der Waals surface area contributed by atoms with Crippen molar-refractivity contribution < 1.29 is 22.6 Å². The van der Waals surface area contributed by atoms with Crippen LogP contribution < -0.4 is 10.1 Å². The summed E-state index contributed by atoms with van der Waals surface area (Å²) in [5.41, 5.74) is 0.770. The molecule has 35 heavy (non-hydrogen) atoms. The number of aryl methyl sites for hydroxylation is 1. The Labute approximate surface area is 201 Å². The summed E-state index contributed by atoms with van der Waals surface area (Å²) >= 11 is 0. The topological polar surface area (TPSA) is 62.2 Å². The second-order valence-electron chi connectivity index (χ2n) is 8.94. The Kier molecular flexibility index (Phi) is 5.92. The van der Waals surface area contributed by atoms with Gasteiger partial charge in [-0.05, 0) is 36.2 Å². The molecule has 0 radical (unpaired) electrons. The third kappa shape index (κ3) is 4.70. The van der Waals surface area contributed by atoms with Crippen LogP contribution in [0.3, 0.4) is 0 Å². The zero-order chi connectivity index (χ0) is 24.7. The van der Waals surface area contributed by atoms with Crippen molar-refractivity contribution in [3.8, 4) is 11.5 Å². The Hall–Kier alpha value is -3.53. The van der Waals surface area contributed by atoms with Gasteiger partial charge in [0.05, 0.1) is 12.2 Å². The molecule has 0 aliphatic carbocycles. The molecule has 3 aliphatic rings. The Bertz CT molecular complexity index is 1200. The number of hydrogen-bond acceptors (Lipinski definition) is 7. The van der Waals surface area contributed by atoms with E-state index in [9.17, 15) is 13.2 Å². The van der Waals surface area contributed by atoms with Crippen molar-refractivity contribution in [3.63, 3.8) is 0 Å². The van der Waals surface area contributed by atoms with Gasteiger partial charge in [-0.2, -0.15) is 4.99 Å².